The van der Waals surface area contributed by atoms with Gasteiger partial charge in [0, 0.05) is 0 Å². The van der Waals surface area contributed by atoms with E-state index >= 15 is 0 Å². The molecule has 2 aromatic rings. The zero-order valence-corrected chi connectivity index (χ0v) is 6.81. The fraction of sp³-hybridized carbons (Fsp3) is 0. The van der Waals surface area contributed by atoms with Crippen LogP contribution >= 0.6 is 0 Å². The number of nitrogens with zero attached hydrogens (tertiary/aromatic N) is 2. The van der Waals surface area contributed by atoms with Gasteiger partial charge in [-0.1, -0.05) is 12.1 Å². The minimum Gasteiger partial charge on any atom is -0.397 e. The number of rotatable bonds is 1. The molecule has 0 fully saturated rings. The normalized spacial score (nSPS) is 10.2. The fourth-order valence-corrected chi connectivity index (χ4v) is 1.13. The number of hydrogen-bond donors (Lipinski definition) is 1. The van der Waals surface area contributed by atoms with E-state index in [4.69, 9.17) is 5.73 Å². The van der Waals surface area contributed by atoms with Gasteiger partial charge in [-0.2, -0.15) is 5.10 Å². The van der Waals surface area contributed by atoms with Crippen LogP contribution in [0.5, 0.6) is 0 Å². The summed E-state index contributed by atoms with van der Waals surface area (Å²) in [5.41, 5.74) is 6.94. The lowest BCUT2D eigenvalue weighted by molar-refractivity contribution is 0.627. The molecule has 1 heterocycles. The summed E-state index contributed by atoms with van der Waals surface area (Å²) in [6.07, 6.45) is 2.43. The molecule has 3 nitrogen and oxygen atoms in total. The lowest BCUT2D eigenvalue weighted by Gasteiger charge is -2.03. The predicted molar refractivity (Wildman–Crippen MR) is 47.9 cm³/mol. The number of halogens is 1. The molecular weight excluding hydrogens is 169 g/mol. The molecule has 0 atom stereocenters. The Balaban J connectivity index is 2.52. The molecule has 4 heteroatoms. The number of anilines is 1. The number of benzene rings is 1. The molecule has 0 saturated carbocycles. The van der Waals surface area contributed by atoms with E-state index in [0.29, 0.717) is 11.4 Å². The summed E-state index contributed by atoms with van der Waals surface area (Å²) in [5.74, 6) is -0.372. The molecule has 0 unspecified atom stereocenters. The van der Waals surface area contributed by atoms with E-state index in [2.05, 4.69) is 5.10 Å². The van der Waals surface area contributed by atoms with Gasteiger partial charge in [-0.05, 0) is 12.1 Å². The Morgan fingerprint density at radius 3 is 2.69 bits per heavy atom. The Kier molecular flexibility index (Phi) is 1.73. The van der Waals surface area contributed by atoms with Gasteiger partial charge in [0.15, 0.2) is 5.82 Å². The molecule has 0 radical (unpaired) electrons. The third-order valence-electron chi connectivity index (χ3n) is 1.73. The van der Waals surface area contributed by atoms with Crippen LogP contribution in [0.3, 0.4) is 0 Å². The molecule has 66 valence electrons. The van der Waals surface area contributed by atoms with Gasteiger partial charge >= 0.3 is 0 Å². The monoisotopic (exact) mass is 177 g/mol. The molecule has 2 rings (SSSR count). The Hall–Kier alpha value is -1.84. The Morgan fingerprint density at radius 2 is 2.08 bits per heavy atom. The third-order valence-corrected chi connectivity index (χ3v) is 1.73. The number of nitrogens with two attached hydrogens (primary N) is 1. The molecule has 0 bridgehead atoms. The van der Waals surface area contributed by atoms with Crippen molar-refractivity contribution >= 4 is 5.69 Å². The van der Waals surface area contributed by atoms with Gasteiger partial charge in [-0.25, -0.2) is 9.07 Å². The first-order valence-electron chi connectivity index (χ1n) is 3.82. The lowest BCUT2D eigenvalue weighted by Crippen LogP contribution is -1.99. The van der Waals surface area contributed by atoms with Gasteiger partial charge < -0.3 is 5.73 Å². The van der Waals surface area contributed by atoms with E-state index in [1.54, 1.807) is 12.1 Å². The topological polar surface area (TPSA) is 43.8 Å². The van der Waals surface area contributed by atoms with Crippen LogP contribution in [0.4, 0.5) is 10.1 Å². The van der Waals surface area contributed by atoms with Crippen LogP contribution in [-0.2, 0) is 0 Å². The van der Waals surface area contributed by atoms with Gasteiger partial charge in [0.25, 0.3) is 0 Å². The summed E-state index contributed by atoms with van der Waals surface area (Å²) in [6.45, 7) is 0. The van der Waals surface area contributed by atoms with Crippen molar-refractivity contribution < 1.29 is 4.39 Å². The van der Waals surface area contributed by atoms with Crippen molar-refractivity contribution in [2.45, 2.75) is 0 Å². The second-order valence-electron chi connectivity index (χ2n) is 2.66. The van der Waals surface area contributed by atoms with Crippen LogP contribution in [0, 0.1) is 5.82 Å². The summed E-state index contributed by atoms with van der Waals surface area (Å²) in [4.78, 5) is 0. The SMILES string of the molecule is Nc1ccccc1-n1cc(F)cn1. The quantitative estimate of drug-likeness (QED) is 0.672. The number of hydrogen-bond acceptors (Lipinski definition) is 2. The first-order chi connectivity index (χ1) is 6.27. The number of para-hydroxylation sites is 2. The molecule has 0 spiro atoms. The van der Waals surface area contributed by atoms with E-state index in [-0.39, 0.29) is 5.82 Å². The number of nitrogen functional groups attached to an aromatic ring is 1. The van der Waals surface area contributed by atoms with Crippen molar-refractivity contribution in [3.8, 4) is 5.69 Å². The average molecular weight is 177 g/mol. The standard InChI is InChI=1S/C9H8FN3/c10-7-5-12-13(6-7)9-4-2-1-3-8(9)11/h1-6H,11H2. The predicted octanol–water partition coefficient (Wildman–Crippen LogP) is 1.59. The van der Waals surface area contributed by atoms with Crippen LogP contribution in [0.15, 0.2) is 36.7 Å². The van der Waals surface area contributed by atoms with Gasteiger partial charge in [0.05, 0.1) is 23.8 Å². The Morgan fingerprint density at radius 1 is 1.31 bits per heavy atom. The molecule has 0 aliphatic heterocycles. The van der Waals surface area contributed by atoms with E-state index in [9.17, 15) is 4.39 Å². The van der Waals surface area contributed by atoms with Crippen molar-refractivity contribution in [2.24, 2.45) is 0 Å². The van der Waals surface area contributed by atoms with E-state index in [0.717, 1.165) is 6.20 Å². The van der Waals surface area contributed by atoms with Crippen molar-refractivity contribution in [1.82, 2.24) is 9.78 Å². The minimum atomic E-state index is -0.372. The highest BCUT2D eigenvalue weighted by molar-refractivity contribution is 5.56. The molecule has 0 saturated heterocycles. The zero-order chi connectivity index (χ0) is 9.26. The molecule has 0 aliphatic rings. The first kappa shape index (κ1) is 7.79. The van der Waals surface area contributed by atoms with Gasteiger partial charge in [-0.3, -0.25) is 0 Å². The maximum Gasteiger partial charge on any atom is 0.161 e. The van der Waals surface area contributed by atoms with Gasteiger partial charge in [0.2, 0.25) is 0 Å². The second-order valence-corrected chi connectivity index (χ2v) is 2.66. The molecule has 1 aromatic carbocycles. The van der Waals surface area contributed by atoms with Crippen LogP contribution in [0.25, 0.3) is 5.69 Å². The molecule has 1 aromatic heterocycles. The molecule has 2 N–H and O–H groups in total. The van der Waals surface area contributed by atoms with Gasteiger partial charge in [0.1, 0.15) is 0 Å². The number of aromatic nitrogens is 2. The van der Waals surface area contributed by atoms with Crippen LogP contribution < -0.4 is 5.73 Å². The zero-order valence-electron chi connectivity index (χ0n) is 6.81. The summed E-state index contributed by atoms with van der Waals surface area (Å²) in [7, 11) is 0. The largest absolute Gasteiger partial charge is 0.397 e. The van der Waals surface area contributed by atoms with E-state index < -0.39 is 0 Å². The van der Waals surface area contributed by atoms with E-state index in [1.165, 1.54) is 10.9 Å². The summed E-state index contributed by atoms with van der Waals surface area (Å²) < 4.78 is 14.0. The van der Waals surface area contributed by atoms with Crippen molar-refractivity contribution in [3.05, 3.63) is 42.5 Å². The molecule has 0 amide bonds. The Bertz CT molecular complexity index is 422. The summed E-state index contributed by atoms with van der Waals surface area (Å²) >= 11 is 0. The summed E-state index contributed by atoms with van der Waals surface area (Å²) in [5, 5.41) is 3.81. The fourth-order valence-electron chi connectivity index (χ4n) is 1.13. The van der Waals surface area contributed by atoms with Crippen LogP contribution in [0.2, 0.25) is 0 Å². The maximum atomic E-state index is 12.6. The summed E-state index contributed by atoms with van der Waals surface area (Å²) in [6, 6.07) is 7.17. The van der Waals surface area contributed by atoms with Crippen LogP contribution in [-0.4, -0.2) is 9.78 Å². The first-order valence-corrected chi connectivity index (χ1v) is 3.82. The molecule has 13 heavy (non-hydrogen) atoms. The lowest BCUT2D eigenvalue weighted by atomic mass is 10.3. The van der Waals surface area contributed by atoms with Crippen molar-refractivity contribution in [2.75, 3.05) is 5.73 Å². The minimum absolute atomic E-state index is 0.372. The maximum absolute atomic E-state index is 12.6. The average Bonchev–Trinajstić information content (AvgIpc) is 2.53. The highest BCUT2D eigenvalue weighted by Crippen LogP contribution is 2.15. The molecular formula is C9H8FN3. The van der Waals surface area contributed by atoms with Crippen molar-refractivity contribution in [1.29, 1.82) is 0 Å². The van der Waals surface area contributed by atoms with E-state index in [1.807, 2.05) is 12.1 Å². The van der Waals surface area contributed by atoms with Gasteiger partial charge in [-0.15, -0.1) is 0 Å². The van der Waals surface area contributed by atoms with Crippen molar-refractivity contribution in [3.63, 3.8) is 0 Å². The smallest absolute Gasteiger partial charge is 0.161 e. The Labute approximate surface area is 74.6 Å². The third kappa shape index (κ3) is 1.38. The van der Waals surface area contributed by atoms with Crippen LogP contribution in [0.1, 0.15) is 0 Å². The highest BCUT2D eigenvalue weighted by atomic mass is 19.1. The highest BCUT2D eigenvalue weighted by Gasteiger charge is 2.02. The second kappa shape index (κ2) is 2.90. The molecule has 0 aliphatic carbocycles.